The van der Waals surface area contributed by atoms with E-state index in [0.717, 1.165) is 60.5 Å². The molecule has 1 amide bonds. The zero-order valence-electron chi connectivity index (χ0n) is 14.6. The van der Waals surface area contributed by atoms with Crippen molar-refractivity contribution in [3.05, 3.63) is 48.5 Å². The number of H-pyrrole nitrogens is 1. The van der Waals surface area contributed by atoms with E-state index in [9.17, 15) is 4.79 Å². The van der Waals surface area contributed by atoms with Crippen molar-refractivity contribution >= 4 is 22.6 Å². The van der Waals surface area contributed by atoms with Gasteiger partial charge in [0.05, 0.1) is 11.0 Å². The van der Waals surface area contributed by atoms with Gasteiger partial charge in [-0.3, -0.25) is 4.79 Å². The van der Waals surface area contributed by atoms with Gasteiger partial charge in [0, 0.05) is 17.2 Å². The van der Waals surface area contributed by atoms with Gasteiger partial charge in [-0.2, -0.15) is 0 Å². The monoisotopic (exact) mass is 346 g/mol. The number of para-hydroxylation sites is 2. The molecule has 132 valence electrons. The van der Waals surface area contributed by atoms with Crippen molar-refractivity contribution in [2.75, 3.05) is 18.4 Å². The minimum Gasteiger partial charge on any atom is -0.338 e. The van der Waals surface area contributed by atoms with Crippen LogP contribution in [0.25, 0.3) is 22.4 Å². The number of hydrogen-bond donors (Lipinski definition) is 3. The van der Waals surface area contributed by atoms with Crippen LogP contribution in [-0.4, -0.2) is 29.0 Å². The third kappa shape index (κ3) is 2.69. The Balaban J connectivity index is 1.29. The normalized spacial score (nSPS) is 21.0. The predicted molar refractivity (Wildman–Crippen MR) is 103 cm³/mol. The zero-order valence-corrected chi connectivity index (χ0v) is 14.6. The predicted octanol–water partition coefficient (Wildman–Crippen LogP) is 3.56. The van der Waals surface area contributed by atoms with Crippen LogP contribution in [0.3, 0.4) is 0 Å². The molecule has 2 fully saturated rings. The van der Waals surface area contributed by atoms with Gasteiger partial charge in [-0.1, -0.05) is 12.1 Å². The Bertz CT molecular complexity index is 921. The van der Waals surface area contributed by atoms with E-state index in [1.165, 1.54) is 0 Å². The molecule has 3 aromatic rings. The number of imidazole rings is 1. The molecule has 1 aliphatic heterocycles. The van der Waals surface area contributed by atoms with E-state index in [1.807, 2.05) is 48.5 Å². The number of fused-ring (bicyclic) bond motifs is 1. The Kier molecular flexibility index (Phi) is 3.57. The summed E-state index contributed by atoms with van der Waals surface area (Å²) >= 11 is 0. The first-order valence-electron chi connectivity index (χ1n) is 9.30. The molecule has 5 nitrogen and oxygen atoms in total. The topological polar surface area (TPSA) is 69.8 Å². The number of hydrogen-bond acceptors (Lipinski definition) is 3. The average molecular weight is 346 g/mol. The Labute approximate surface area is 152 Å². The van der Waals surface area contributed by atoms with Gasteiger partial charge in [-0.15, -0.1) is 0 Å². The van der Waals surface area contributed by atoms with Crippen molar-refractivity contribution < 1.29 is 4.79 Å². The lowest BCUT2D eigenvalue weighted by atomic mass is 9.92. The minimum absolute atomic E-state index is 0.170. The number of aromatic nitrogens is 2. The molecule has 2 aromatic carbocycles. The summed E-state index contributed by atoms with van der Waals surface area (Å²) in [4.78, 5) is 20.5. The van der Waals surface area contributed by atoms with Gasteiger partial charge in [-0.25, -0.2) is 4.98 Å². The van der Waals surface area contributed by atoms with Crippen LogP contribution < -0.4 is 10.6 Å². The van der Waals surface area contributed by atoms with E-state index >= 15 is 0 Å². The molecule has 2 aliphatic rings. The molecule has 1 aliphatic carbocycles. The first kappa shape index (κ1) is 15.6. The molecule has 1 spiro atoms. The van der Waals surface area contributed by atoms with Gasteiger partial charge in [-0.05, 0) is 74.2 Å². The summed E-state index contributed by atoms with van der Waals surface area (Å²) in [6.45, 7) is 2.08. The molecular weight excluding hydrogens is 324 g/mol. The summed E-state index contributed by atoms with van der Waals surface area (Å²) in [6, 6.07) is 15.9. The molecule has 26 heavy (non-hydrogen) atoms. The van der Waals surface area contributed by atoms with E-state index in [0.29, 0.717) is 0 Å². The molecule has 1 aromatic heterocycles. The van der Waals surface area contributed by atoms with Gasteiger partial charge in [0.25, 0.3) is 0 Å². The number of nitrogens with one attached hydrogen (secondary N) is 3. The number of nitrogens with zero attached hydrogens (tertiary/aromatic N) is 1. The van der Waals surface area contributed by atoms with Crippen molar-refractivity contribution in [2.24, 2.45) is 11.3 Å². The summed E-state index contributed by atoms with van der Waals surface area (Å²) in [5.41, 5.74) is 4.12. The maximum Gasteiger partial charge on any atom is 0.228 e. The number of benzene rings is 2. The van der Waals surface area contributed by atoms with Crippen LogP contribution in [0.5, 0.6) is 0 Å². The largest absolute Gasteiger partial charge is 0.338 e. The first-order valence-corrected chi connectivity index (χ1v) is 9.30. The molecule has 0 bridgehead atoms. The van der Waals surface area contributed by atoms with Crippen molar-refractivity contribution in [3.8, 4) is 11.4 Å². The van der Waals surface area contributed by atoms with Crippen LogP contribution in [0.1, 0.15) is 19.3 Å². The fourth-order valence-electron chi connectivity index (χ4n) is 4.23. The lowest BCUT2D eigenvalue weighted by Crippen LogP contribution is -2.31. The molecule has 5 rings (SSSR count). The van der Waals surface area contributed by atoms with Crippen LogP contribution in [0, 0.1) is 11.3 Å². The van der Waals surface area contributed by atoms with Gasteiger partial charge < -0.3 is 15.6 Å². The van der Waals surface area contributed by atoms with Crippen LogP contribution in [-0.2, 0) is 4.79 Å². The van der Waals surface area contributed by atoms with E-state index in [-0.39, 0.29) is 17.2 Å². The quantitative estimate of drug-likeness (QED) is 0.679. The van der Waals surface area contributed by atoms with E-state index in [4.69, 9.17) is 0 Å². The highest BCUT2D eigenvalue weighted by Gasteiger charge is 2.57. The van der Waals surface area contributed by atoms with Crippen LogP contribution in [0.4, 0.5) is 5.69 Å². The molecule has 3 N–H and O–H groups in total. The smallest absolute Gasteiger partial charge is 0.228 e. The number of rotatable bonds is 3. The Morgan fingerprint density at radius 2 is 1.85 bits per heavy atom. The van der Waals surface area contributed by atoms with E-state index < -0.39 is 0 Å². The second-order valence-corrected chi connectivity index (χ2v) is 7.54. The number of carbonyl (C=O) groups is 1. The fraction of sp³-hybridized carbons (Fsp3) is 0.333. The molecule has 1 unspecified atom stereocenters. The number of carbonyl (C=O) groups excluding carboxylic acids is 1. The average Bonchev–Trinajstić information content (AvgIpc) is 3.18. The van der Waals surface area contributed by atoms with Crippen molar-refractivity contribution in [1.29, 1.82) is 0 Å². The number of piperidine rings is 1. The maximum atomic E-state index is 12.6. The van der Waals surface area contributed by atoms with Crippen LogP contribution in [0.2, 0.25) is 0 Å². The van der Waals surface area contributed by atoms with Gasteiger partial charge >= 0.3 is 0 Å². The van der Waals surface area contributed by atoms with E-state index in [2.05, 4.69) is 20.6 Å². The fourth-order valence-corrected chi connectivity index (χ4v) is 4.23. The standard InChI is InChI=1S/C21H22N4O/c26-20(16-13-21(16)9-11-22-12-10-21)23-15-7-5-14(6-8-15)19-24-17-3-1-2-4-18(17)25-19/h1-8,16,22H,9-13H2,(H,23,26)(H,24,25). The molecule has 0 radical (unpaired) electrons. The SMILES string of the molecule is O=C(Nc1ccc(-c2nc3ccccc3[nH]2)cc1)C1CC12CCNCC2. The summed E-state index contributed by atoms with van der Waals surface area (Å²) in [5.74, 6) is 1.20. The van der Waals surface area contributed by atoms with Crippen molar-refractivity contribution in [3.63, 3.8) is 0 Å². The minimum atomic E-state index is 0.170. The number of anilines is 1. The van der Waals surface area contributed by atoms with Gasteiger partial charge in [0.15, 0.2) is 0 Å². The molecular formula is C21H22N4O. The summed E-state index contributed by atoms with van der Waals surface area (Å²) in [6.07, 6.45) is 3.28. The lowest BCUT2D eigenvalue weighted by Gasteiger charge is -2.23. The summed E-state index contributed by atoms with van der Waals surface area (Å²) in [7, 11) is 0. The van der Waals surface area contributed by atoms with Gasteiger partial charge in [0.1, 0.15) is 5.82 Å². The molecule has 2 heterocycles. The van der Waals surface area contributed by atoms with Crippen molar-refractivity contribution in [1.82, 2.24) is 15.3 Å². The Morgan fingerprint density at radius 1 is 1.08 bits per heavy atom. The van der Waals surface area contributed by atoms with Crippen molar-refractivity contribution in [2.45, 2.75) is 19.3 Å². The molecule has 1 saturated carbocycles. The highest BCUT2D eigenvalue weighted by atomic mass is 16.2. The maximum absolute atomic E-state index is 12.6. The molecule has 5 heteroatoms. The molecule has 1 atom stereocenters. The zero-order chi connectivity index (χ0) is 17.6. The Morgan fingerprint density at radius 3 is 2.62 bits per heavy atom. The van der Waals surface area contributed by atoms with Crippen LogP contribution >= 0.6 is 0 Å². The number of amides is 1. The lowest BCUT2D eigenvalue weighted by molar-refractivity contribution is -0.118. The summed E-state index contributed by atoms with van der Waals surface area (Å²) in [5, 5.41) is 6.47. The second kappa shape index (κ2) is 5.95. The highest BCUT2D eigenvalue weighted by Crippen LogP contribution is 2.58. The highest BCUT2D eigenvalue weighted by molar-refractivity contribution is 5.95. The Hall–Kier alpha value is -2.66. The first-order chi connectivity index (χ1) is 12.7. The second-order valence-electron chi connectivity index (χ2n) is 7.54. The number of aromatic amines is 1. The molecule has 1 saturated heterocycles. The van der Waals surface area contributed by atoms with Crippen LogP contribution in [0.15, 0.2) is 48.5 Å². The van der Waals surface area contributed by atoms with E-state index in [1.54, 1.807) is 0 Å². The third-order valence-corrected chi connectivity index (χ3v) is 5.92. The third-order valence-electron chi connectivity index (χ3n) is 5.92. The van der Waals surface area contributed by atoms with Gasteiger partial charge in [0.2, 0.25) is 5.91 Å². The summed E-state index contributed by atoms with van der Waals surface area (Å²) < 4.78 is 0.